The van der Waals surface area contributed by atoms with Crippen LogP contribution in [0.2, 0.25) is 0 Å². The van der Waals surface area contributed by atoms with E-state index in [2.05, 4.69) is 52.4 Å². The number of thioether (sulfide) groups is 1. The second-order valence-corrected chi connectivity index (χ2v) is 6.10. The van der Waals surface area contributed by atoms with E-state index in [-0.39, 0.29) is 0 Å². The van der Waals surface area contributed by atoms with Gasteiger partial charge in [-0.05, 0) is 48.6 Å². The van der Waals surface area contributed by atoms with Crippen LogP contribution in [0.15, 0.2) is 28.7 Å². The summed E-state index contributed by atoms with van der Waals surface area (Å²) in [5.41, 5.74) is 1.44. The summed E-state index contributed by atoms with van der Waals surface area (Å²) >= 11 is 5.50. The van der Waals surface area contributed by atoms with Gasteiger partial charge in [0.25, 0.3) is 0 Å². The lowest BCUT2D eigenvalue weighted by Gasteiger charge is -2.16. The Morgan fingerprint density at radius 1 is 1.31 bits per heavy atom. The predicted molar refractivity (Wildman–Crippen MR) is 78.4 cm³/mol. The fourth-order valence-corrected chi connectivity index (χ4v) is 2.74. The minimum Gasteiger partial charge on any atom is -0.319 e. The Morgan fingerprint density at radius 2 is 2.00 bits per heavy atom. The van der Waals surface area contributed by atoms with Crippen molar-refractivity contribution in [2.24, 2.45) is 0 Å². The molecule has 1 rings (SSSR count). The van der Waals surface area contributed by atoms with Crippen LogP contribution in [0.4, 0.5) is 0 Å². The monoisotopic (exact) mass is 301 g/mol. The van der Waals surface area contributed by atoms with Gasteiger partial charge < -0.3 is 5.32 Å². The molecule has 1 aromatic carbocycles. The molecule has 0 aliphatic rings. The molecule has 90 valence electrons. The molecule has 0 spiro atoms. The van der Waals surface area contributed by atoms with E-state index < -0.39 is 0 Å². The average Bonchev–Trinajstić information content (AvgIpc) is 2.29. The van der Waals surface area contributed by atoms with Crippen molar-refractivity contribution >= 4 is 27.7 Å². The molecular weight excluding hydrogens is 282 g/mol. The van der Waals surface area contributed by atoms with Crippen LogP contribution in [0.5, 0.6) is 0 Å². The number of likely N-dealkylation sites (N-methyl/N-ethyl adjacent to an activating group) is 1. The Balaban J connectivity index is 2.57. The molecule has 0 saturated heterocycles. The number of benzene rings is 1. The van der Waals surface area contributed by atoms with Gasteiger partial charge in [-0.15, -0.1) is 0 Å². The van der Waals surface area contributed by atoms with Gasteiger partial charge in [-0.2, -0.15) is 11.8 Å². The summed E-state index contributed by atoms with van der Waals surface area (Å²) in [6.45, 7) is 3.28. The highest BCUT2D eigenvalue weighted by Crippen LogP contribution is 2.23. The highest BCUT2D eigenvalue weighted by atomic mass is 79.9. The van der Waals surface area contributed by atoms with Crippen LogP contribution in [0.3, 0.4) is 0 Å². The van der Waals surface area contributed by atoms with Crippen molar-refractivity contribution in [3.05, 3.63) is 34.3 Å². The topological polar surface area (TPSA) is 12.0 Å². The Hall–Kier alpha value is 0.01000. The Bertz CT molecular complexity index is 286. The standard InChI is InChI=1S/C13H20BrNS/c1-3-16-9-8-12(10-15-2)11-4-6-13(14)7-5-11/h4-7,12,15H,3,8-10H2,1-2H3. The Labute approximate surface area is 112 Å². The SMILES string of the molecule is CCSCCC(CNC)c1ccc(Br)cc1. The highest BCUT2D eigenvalue weighted by molar-refractivity contribution is 9.10. The van der Waals surface area contributed by atoms with Crippen molar-refractivity contribution in [1.82, 2.24) is 5.32 Å². The van der Waals surface area contributed by atoms with Crippen molar-refractivity contribution in [3.63, 3.8) is 0 Å². The van der Waals surface area contributed by atoms with E-state index in [0.717, 1.165) is 11.0 Å². The number of rotatable bonds is 7. The van der Waals surface area contributed by atoms with Crippen LogP contribution >= 0.6 is 27.7 Å². The maximum absolute atomic E-state index is 3.48. The van der Waals surface area contributed by atoms with Crippen molar-refractivity contribution in [2.75, 3.05) is 25.1 Å². The third-order valence-corrected chi connectivity index (χ3v) is 4.07. The van der Waals surface area contributed by atoms with Gasteiger partial charge in [-0.1, -0.05) is 35.0 Å². The third-order valence-electron chi connectivity index (χ3n) is 2.61. The largest absolute Gasteiger partial charge is 0.319 e. The molecule has 0 saturated carbocycles. The van der Waals surface area contributed by atoms with Crippen LogP contribution in [0.1, 0.15) is 24.8 Å². The lowest BCUT2D eigenvalue weighted by atomic mass is 9.96. The predicted octanol–water partition coefficient (Wildman–Crippen LogP) is 3.90. The molecule has 1 nitrogen and oxygen atoms in total. The summed E-state index contributed by atoms with van der Waals surface area (Å²) in [6.07, 6.45) is 1.25. The maximum atomic E-state index is 3.48. The van der Waals surface area contributed by atoms with Crippen molar-refractivity contribution < 1.29 is 0 Å². The van der Waals surface area contributed by atoms with E-state index in [1.165, 1.54) is 23.5 Å². The fraction of sp³-hybridized carbons (Fsp3) is 0.538. The normalized spacial score (nSPS) is 12.7. The van der Waals surface area contributed by atoms with E-state index in [9.17, 15) is 0 Å². The van der Waals surface area contributed by atoms with Gasteiger partial charge in [0.1, 0.15) is 0 Å². The van der Waals surface area contributed by atoms with Crippen LogP contribution in [0.25, 0.3) is 0 Å². The van der Waals surface area contributed by atoms with E-state index in [1.54, 1.807) is 0 Å². The smallest absolute Gasteiger partial charge is 0.0175 e. The van der Waals surface area contributed by atoms with E-state index in [0.29, 0.717) is 5.92 Å². The second-order valence-electron chi connectivity index (χ2n) is 3.79. The number of halogens is 1. The zero-order valence-corrected chi connectivity index (χ0v) is 12.4. The Kier molecular flexibility index (Phi) is 7.17. The first-order chi connectivity index (χ1) is 7.77. The molecule has 16 heavy (non-hydrogen) atoms. The molecule has 0 bridgehead atoms. The maximum Gasteiger partial charge on any atom is 0.0175 e. The van der Waals surface area contributed by atoms with E-state index >= 15 is 0 Å². The second kappa shape index (κ2) is 8.15. The highest BCUT2D eigenvalue weighted by Gasteiger charge is 2.10. The minimum atomic E-state index is 0.636. The molecule has 0 aromatic heterocycles. The number of hydrogen-bond acceptors (Lipinski definition) is 2. The molecule has 0 aliphatic heterocycles. The molecule has 1 N–H and O–H groups in total. The van der Waals surface area contributed by atoms with Crippen LogP contribution in [0, 0.1) is 0 Å². The van der Waals surface area contributed by atoms with E-state index in [4.69, 9.17) is 0 Å². The van der Waals surface area contributed by atoms with E-state index in [1.807, 2.05) is 18.8 Å². The minimum absolute atomic E-state index is 0.636. The molecule has 1 atom stereocenters. The van der Waals surface area contributed by atoms with Crippen molar-refractivity contribution in [2.45, 2.75) is 19.3 Å². The zero-order valence-electron chi connectivity index (χ0n) is 10.0. The summed E-state index contributed by atoms with van der Waals surface area (Å²) in [6, 6.07) is 8.71. The van der Waals surface area contributed by atoms with Gasteiger partial charge in [0, 0.05) is 11.0 Å². The summed E-state index contributed by atoms with van der Waals surface area (Å²) in [5.74, 6) is 3.10. The first-order valence-corrected chi connectivity index (χ1v) is 7.70. The molecule has 0 radical (unpaired) electrons. The van der Waals surface area contributed by atoms with Crippen molar-refractivity contribution in [1.29, 1.82) is 0 Å². The molecule has 0 fully saturated rings. The summed E-state index contributed by atoms with van der Waals surface area (Å²) in [4.78, 5) is 0. The quantitative estimate of drug-likeness (QED) is 0.767. The van der Waals surface area contributed by atoms with Crippen LogP contribution in [-0.4, -0.2) is 25.1 Å². The molecule has 3 heteroatoms. The summed E-state index contributed by atoms with van der Waals surface area (Å²) in [5, 5.41) is 3.29. The van der Waals surface area contributed by atoms with Gasteiger partial charge in [0.05, 0.1) is 0 Å². The van der Waals surface area contributed by atoms with Crippen LogP contribution < -0.4 is 5.32 Å². The lowest BCUT2D eigenvalue weighted by molar-refractivity contribution is 0.616. The molecule has 0 amide bonds. The molecular formula is C13H20BrNS. The zero-order chi connectivity index (χ0) is 11.8. The van der Waals surface area contributed by atoms with Gasteiger partial charge in [-0.25, -0.2) is 0 Å². The summed E-state index contributed by atoms with van der Waals surface area (Å²) < 4.78 is 1.15. The molecule has 1 aromatic rings. The van der Waals surface area contributed by atoms with Gasteiger partial charge in [0.15, 0.2) is 0 Å². The van der Waals surface area contributed by atoms with Gasteiger partial charge >= 0.3 is 0 Å². The summed E-state index contributed by atoms with van der Waals surface area (Å²) in [7, 11) is 2.03. The first kappa shape index (κ1) is 14.1. The first-order valence-electron chi connectivity index (χ1n) is 5.75. The number of hydrogen-bond donors (Lipinski definition) is 1. The lowest BCUT2D eigenvalue weighted by Crippen LogP contribution is -2.17. The Morgan fingerprint density at radius 3 is 2.56 bits per heavy atom. The van der Waals surface area contributed by atoms with Gasteiger partial charge in [0.2, 0.25) is 0 Å². The van der Waals surface area contributed by atoms with Gasteiger partial charge in [-0.3, -0.25) is 0 Å². The van der Waals surface area contributed by atoms with Crippen molar-refractivity contribution in [3.8, 4) is 0 Å². The average molecular weight is 302 g/mol. The molecule has 0 heterocycles. The van der Waals surface area contributed by atoms with Crippen LogP contribution in [-0.2, 0) is 0 Å². The number of nitrogens with one attached hydrogen (secondary N) is 1. The third kappa shape index (κ3) is 4.89. The fourth-order valence-electron chi connectivity index (χ4n) is 1.74. The molecule has 1 unspecified atom stereocenters. The molecule has 0 aliphatic carbocycles.